The van der Waals surface area contributed by atoms with Crippen molar-refractivity contribution in [1.82, 2.24) is 5.32 Å². The Balaban J connectivity index is 1.63. The molecule has 0 unspecified atom stereocenters. The van der Waals surface area contributed by atoms with Crippen LogP contribution in [0.1, 0.15) is 90.7 Å². The second kappa shape index (κ2) is 16.5. The molecule has 1 amide bonds. The minimum absolute atomic E-state index is 0.212. The maximum Gasteiger partial charge on any atom is 0.349 e. The summed E-state index contributed by atoms with van der Waals surface area (Å²) < 4.78 is 34.9. The number of ether oxygens (including phenoxy) is 6. The zero-order chi connectivity index (χ0) is 37.8. The number of hydrogen-bond donors (Lipinski definition) is 2. The topological polar surface area (TPSA) is 190 Å². The third kappa shape index (κ3) is 9.45. The Morgan fingerprint density at radius 2 is 1.42 bits per heavy atom. The van der Waals surface area contributed by atoms with Crippen LogP contribution in [0.15, 0.2) is 24.3 Å². The summed E-state index contributed by atoms with van der Waals surface area (Å²) in [5, 5.41) is 12.7. The largest absolute Gasteiger partial charge is 0.462 e. The van der Waals surface area contributed by atoms with Gasteiger partial charge in [-0.25, -0.2) is 4.79 Å². The molecule has 0 aromatic heterocycles. The number of nitrogens with one attached hydrogen (secondary N) is 1. The van der Waals surface area contributed by atoms with Crippen LogP contribution in [-0.4, -0.2) is 87.6 Å². The molecule has 1 saturated heterocycles. The van der Waals surface area contributed by atoms with E-state index in [2.05, 4.69) is 5.32 Å². The first-order valence-electron chi connectivity index (χ1n) is 17.8. The maximum absolute atomic E-state index is 14.8. The molecule has 1 aromatic rings. The molecule has 52 heavy (non-hydrogen) atoms. The van der Waals surface area contributed by atoms with Gasteiger partial charge in [-0.2, -0.15) is 0 Å². The molecular formula is C37H49NO13S. The normalized spacial score (nSPS) is 31.4. The number of benzene rings is 1. The lowest BCUT2D eigenvalue weighted by molar-refractivity contribution is -0.225. The van der Waals surface area contributed by atoms with Gasteiger partial charge in [0, 0.05) is 45.8 Å². The zero-order valence-corrected chi connectivity index (χ0v) is 31.1. The fourth-order valence-electron chi connectivity index (χ4n) is 8.96. The first-order chi connectivity index (χ1) is 24.6. The number of aliphatic hydroxyl groups is 1. The highest BCUT2D eigenvalue weighted by Gasteiger charge is 2.63. The predicted molar refractivity (Wildman–Crippen MR) is 184 cm³/mol. The third-order valence-electron chi connectivity index (χ3n) is 10.3. The Bertz CT molecular complexity index is 1500. The minimum Gasteiger partial charge on any atom is -0.462 e. The molecule has 6 rings (SSSR count). The molecule has 1 aliphatic heterocycles. The Labute approximate surface area is 307 Å². The van der Waals surface area contributed by atoms with Gasteiger partial charge in [0.05, 0.1) is 12.6 Å². The van der Waals surface area contributed by atoms with Crippen LogP contribution in [0, 0.1) is 17.8 Å². The van der Waals surface area contributed by atoms with E-state index in [1.165, 1.54) is 25.6 Å². The van der Waals surface area contributed by atoms with Gasteiger partial charge in [0.1, 0.15) is 25.4 Å². The van der Waals surface area contributed by atoms with E-state index in [1.807, 2.05) is 0 Å². The monoisotopic (exact) mass is 747 g/mol. The van der Waals surface area contributed by atoms with Crippen molar-refractivity contribution < 1.29 is 62.3 Å². The van der Waals surface area contributed by atoms with E-state index in [-0.39, 0.29) is 19.6 Å². The van der Waals surface area contributed by atoms with Crippen molar-refractivity contribution in [3.8, 4) is 0 Å². The zero-order valence-electron chi connectivity index (χ0n) is 30.3. The van der Waals surface area contributed by atoms with E-state index in [9.17, 15) is 33.9 Å². The van der Waals surface area contributed by atoms with Crippen LogP contribution in [0.5, 0.6) is 0 Å². The van der Waals surface area contributed by atoms with Crippen molar-refractivity contribution in [3.05, 3.63) is 35.4 Å². The highest BCUT2D eigenvalue weighted by molar-refractivity contribution is 8.02. The second-order valence-corrected chi connectivity index (χ2v) is 16.4. The molecule has 1 heterocycles. The molecule has 0 radical (unpaired) electrons. The van der Waals surface area contributed by atoms with Crippen LogP contribution in [-0.2, 0) is 70.4 Å². The van der Waals surface area contributed by atoms with Crippen LogP contribution in [0.3, 0.4) is 0 Å². The van der Waals surface area contributed by atoms with Gasteiger partial charge in [-0.3, -0.25) is 24.0 Å². The fourth-order valence-corrected chi connectivity index (χ4v) is 11.2. The van der Waals surface area contributed by atoms with Gasteiger partial charge in [-0.05, 0) is 67.4 Å². The number of rotatable bonds is 14. The molecular weight excluding hydrogens is 698 g/mol. The number of aliphatic hydroxyl groups excluding tert-OH is 1. The number of esters is 5. The lowest BCUT2D eigenvalue weighted by Gasteiger charge is -2.59. The van der Waals surface area contributed by atoms with Crippen LogP contribution in [0.2, 0.25) is 0 Å². The number of thioether (sulfide) groups is 1. The molecule has 4 aliphatic carbocycles. The quantitative estimate of drug-likeness (QED) is 0.208. The standard InChI is InChI=1S/C37H49NO13S/c1-20(40)38-32-30(48-22(3)42)16-37(35(45)47-18-29-9-7-6-8-28(29)17-39,52-36-13-25-10-26(14-36)12-27(11-25)15-36)51-34(32)33(50-24(5)44)31(49-23(4)43)19-46-21(2)41/h6-9,25-27,30-34,39H,10-19H2,1-5H3,(H,38,40)/t25?,26?,27?,30-,31+,32+,33+,34+,36?,37+/m0/s1. The Morgan fingerprint density at radius 1 is 0.827 bits per heavy atom. The number of amides is 1. The highest BCUT2D eigenvalue weighted by atomic mass is 32.2. The van der Waals surface area contributed by atoms with Crippen LogP contribution in [0.25, 0.3) is 0 Å². The van der Waals surface area contributed by atoms with E-state index >= 15 is 0 Å². The van der Waals surface area contributed by atoms with Gasteiger partial charge < -0.3 is 38.8 Å². The summed E-state index contributed by atoms with van der Waals surface area (Å²) >= 11 is 1.33. The smallest absolute Gasteiger partial charge is 0.349 e. The van der Waals surface area contributed by atoms with Gasteiger partial charge in [0.2, 0.25) is 10.8 Å². The highest BCUT2D eigenvalue weighted by Crippen LogP contribution is 2.64. The Hall–Kier alpha value is -3.69. The molecule has 4 bridgehead atoms. The number of carbonyl (C=O) groups is 6. The fraction of sp³-hybridized carbons (Fsp3) is 0.676. The number of carbonyl (C=O) groups excluding carboxylic acids is 6. The first kappa shape index (κ1) is 39.5. The van der Waals surface area contributed by atoms with Crippen molar-refractivity contribution in [1.29, 1.82) is 0 Å². The van der Waals surface area contributed by atoms with Gasteiger partial charge in [-0.1, -0.05) is 24.3 Å². The summed E-state index contributed by atoms with van der Waals surface area (Å²) in [4.78, 5) is 75.4. The summed E-state index contributed by atoms with van der Waals surface area (Å²) in [5.74, 6) is -2.96. The van der Waals surface area contributed by atoms with E-state index < -0.39 is 82.5 Å². The summed E-state index contributed by atoms with van der Waals surface area (Å²) in [6.07, 6.45) is -0.122. The first-order valence-corrected chi connectivity index (χ1v) is 18.6. The molecule has 4 saturated carbocycles. The van der Waals surface area contributed by atoms with Crippen molar-refractivity contribution >= 4 is 47.5 Å². The molecule has 5 aliphatic rings. The van der Waals surface area contributed by atoms with Crippen LogP contribution >= 0.6 is 11.8 Å². The van der Waals surface area contributed by atoms with E-state index in [0.29, 0.717) is 28.9 Å². The Kier molecular flexibility index (Phi) is 12.6. The molecule has 5 fully saturated rings. The molecule has 6 atom stereocenters. The lowest BCUT2D eigenvalue weighted by atomic mass is 9.56. The van der Waals surface area contributed by atoms with E-state index in [4.69, 9.17) is 28.4 Å². The van der Waals surface area contributed by atoms with Gasteiger partial charge in [-0.15, -0.1) is 11.8 Å². The van der Waals surface area contributed by atoms with Crippen LogP contribution < -0.4 is 5.32 Å². The molecule has 15 heteroatoms. The SMILES string of the molecule is CC(=O)N[C@H]1[C@H]([C@H](OC(C)=O)[C@@H](COC(C)=O)OC(C)=O)O[C@](SC23CC4CC(CC(C4)C2)C3)(C(=O)OCc2ccccc2CO)C[C@@H]1OC(C)=O. The van der Waals surface area contributed by atoms with Crippen molar-refractivity contribution in [2.45, 2.75) is 133 Å². The number of hydrogen-bond acceptors (Lipinski definition) is 14. The Morgan fingerprint density at radius 3 is 1.94 bits per heavy atom. The average molecular weight is 748 g/mol. The average Bonchev–Trinajstić information content (AvgIpc) is 3.04. The van der Waals surface area contributed by atoms with Crippen molar-refractivity contribution in [2.24, 2.45) is 17.8 Å². The minimum atomic E-state index is -1.89. The molecule has 14 nitrogen and oxygen atoms in total. The van der Waals surface area contributed by atoms with E-state index in [1.54, 1.807) is 24.3 Å². The summed E-state index contributed by atoms with van der Waals surface area (Å²) in [7, 11) is 0. The summed E-state index contributed by atoms with van der Waals surface area (Å²) in [5.41, 5.74) is 1.14. The molecule has 1 aromatic carbocycles. The second-order valence-electron chi connectivity index (χ2n) is 14.6. The van der Waals surface area contributed by atoms with Crippen molar-refractivity contribution in [3.63, 3.8) is 0 Å². The lowest BCUT2D eigenvalue weighted by Crippen LogP contribution is -2.68. The third-order valence-corrected chi connectivity index (χ3v) is 12.0. The van der Waals surface area contributed by atoms with E-state index in [0.717, 1.165) is 59.3 Å². The van der Waals surface area contributed by atoms with Gasteiger partial charge in [0.25, 0.3) is 0 Å². The van der Waals surface area contributed by atoms with Gasteiger partial charge >= 0.3 is 29.8 Å². The predicted octanol–water partition coefficient (Wildman–Crippen LogP) is 3.27. The maximum atomic E-state index is 14.8. The molecule has 286 valence electrons. The molecule has 2 N–H and O–H groups in total. The molecule has 0 spiro atoms. The summed E-state index contributed by atoms with van der Waals surface area (Å²) in [6.45, 7) is 4.77. The van der Waals surface area contributed by atoms with Crippen LogP contribution in [0.4, 0.5) is 0 Å². The van der Waals surface area contributed by atoms with Crippen molar-refractivity contribution in [2.75, 3.05) is 6.61 Å². The van der Waals surface area contributed by atoms with Gasteiger partial charge in [0.15, 0.2) is 12.2 Å². The summed E-state index contributed by atoms with van der Waals surface area (Å²) in [6, 6.07) is 5.73.